The molecule has 0 aromatic carbocycles. The minimum absolute atomic E-state index is 0.108. The average molecular weight is 546 g/mol. The number of ether oxygens (including phenoxy) is 1. The minimum atomic E-state index is -2.70. The molecule has 4 heterocycles. The number of anilines is 1. The predicted molar refractivity (Wildman–Crippen MR) is 141 cm³/mol. The number of nitrogens with one attached hydrogen (secondary N) is 1. The van der Waals surface area contributed by atoms with E-state index in [1.54, 1.807) is 35.3 Å². The van der Waals surface area contributed by atoms with Crippen molar-refractivity contribution in [2.45, 2.75) is 63.8 Å². The van der Waals surface area contributed by atoms with E-state index in [-0.39, 0.29) is 30.4 Å². The van der Waals surface area contributed by atoms with Crippen LogP contribution in [0, 0.1) is 18.3 Å². The van der Waals surface area contributed by atoms with Crippen molar-refractivity contribution >= 4 is 23.7 Å². The van der Waals surface area contributed by atoms with Gasteiger partial charge in [-0.1, -0.05) is 13.8 Å². The third kappa shape index (κ3) is 4.85. The molecule has 3 aromatic heterocycles. The molecule has 0 spiro atoms. The van der Waals surface area contributed by atoms with Crippen molar-refractivity contribution in [3.05, 3.63) is 41.9 Å². The van der Waals surface area contributed by atoms with Gasteiger partial charge in [-0.25, -0.2) is 18.4 Å². The third-order valence-corrected chi connectivity index (χ3v) is 8.49. The summed E-state index contributed by atoms with van der Waals surface area (Å²) in [6, 6.07) is 5.09. The molecule has 2 unspecified atom stereocenters. The lowest BCUT2D eigenvalue weighted by molar-refractivity contribution is 0.0490. The molecule has 0 bridgehead atoms. The predicted octanol–water partition coefficient (Wildman–Crippen LogP) is 4.80. The molecule has 1 saturated carbocycles. The number of aryl methyl sites for hydroxylation is 1. The molecule has 3 aromatic rings. The van der Waals surface area contributed by atoms with Crippen LogP contribution in [0.15, 0.2) is 35.5 Å². The van der Waals surface area contributed by atoms with E-state index in [1.807, 2.05) is 14.0 Å². The van der Waals surface area contributed by atoms with Gasteiger partial charge in [0.15, 0.2) is 5.82 Å². The van der Waals surface area contributed by atoms with E-state index in [9.17, 15) is 13.6 Å². The van der Waals surface area contributed by atoms with Gasteiger partial charge in [0.1, 0.15) is 12.4 Å². The Labute approximate surface area is 225 Å². The van der Waals surface area contributed by atoms with E-state index in [4.69, 9.17) is 9.72 Å². The van der Waals surface area contributed by atoms with Gasteiger partial charge in [0, 0.05) is 37.8 Å². The summed E-state index contributed by atoms with van der Waals surface area (Å²) in [5.74, 6) is -1.20. The normalized spacial score (nSPS) is 23.5. The summed E-state index contributed by atoms with van der Waals surface area (Å²) in [4.78, 5) is 21.3. The molecule has 1 amide bonds. The van der Waals surface area contributed by atoms with Gasteiger partial charge in [-0.05, 0) is 57.2 Å². The summed E-state index contributed by atoms with van der Waals surface area (Å²) in [5.41, 5.74) is 0.0602. The Morgan fingerprint density at radius 3 is 2.61 bits per heavy atom. The van der Waals surface area contributed by atoms with Crippen LogP contribution in [0.4, 0.5) is 14.6 Å². The van der Waals surface area contributed by atoms with E-state index >= 15 is 0 Å². The Balaban J connectivity index is 1.40. The molecule has 9 nitrogen and oxygen atoms in total. The average Bonchev–Trinajstić information content (AvgIpc) is 3.27. The van der Waals surface area contributed by atoms with Gasteiger partial charge in [-0.2, -0.15) is 5.10 Å². The Morgan fingerprint density at radius 2 is 2.00 bits per heavy atom. The van der Waals surface area contributed by atoms with E-state index in [0.29, 0.717) is 23.1 Å². The maximum absolute atomic E-state index is 13.6. The Hall–Kier alpha value is -3.15. The number of hydrogen-bond donors (Lipinski definition) is 1. The third-order valence-electron chi connectivity index (χ3n) is 7.59. The van der Waals surface area contributed by atoms with Crippen LogP contribution in [0.25, 0.3) is 5.82 Å². The minimum Gasteiger partial charge on any atom is -0.476 e. The summed E-state index contributed by atoms with van der Waals surface area (Å²) in [7, 11) is 1.85. The highest BCUT2D eigenvalue weighted by Gasteiger charge is 2.68. The summed E-state index contributed by atoms with van der Waals surface area (Å²) in [6.45, 7) is 10.6. The standard InChI is InChI=1S/C26H33F2N7O2S/c1-16-11-24(3,4)34(13-16)22-18(23(36)32-38-19-12-29-33(6)17(19)2)7-8-20(30-22)35-10-9-21(31-35)37-15-25(5)14-26(25,27)28/h7-10,12,16H,11,13-15H2,1-6H3,(H,32,36). The first kappa shape index (κ1) is 26.5. The lowest BCUT2D eigenvalue weighted by Crippen LogP contribution is -2.40. The lowest BCUT2D eigenvalue weighted by atomic mass is 9.97. The SMILES string of the molecule is Cc1c(SNC(=O)c2ccc(-n3ccc(OCC4(C)CC4(F)F)n3)nc2N2CC(C)CC2(C)C)cnn1C. The fourth-order valence-corrected chi connectivity index (χ4v) is 5.68. The van der Waals surface area contributed by atoms with Crippen molar-refractivity contribution in [2.75, 3.05) is 18.1 Å². The highest BCUT2D eigenvalue weighted by atomic mass is 32.2. The highest BCUT2D eigenvalue weighted by molar-refractivity contribution is 7.98. The molecule has 5 rings (SSSR count). The van der Waals surface area contributed by atoms with Gasteiger partial charge >= 0.3 is 0 Å². The quantitative estimate of drug-likeness (QED) is 0.407. The topological polar surface area (TPSA) is 90.1 Å². The number of amides is 1. The molecule has 2 aliphatic rings. The summed E-state index contributed by atoms with van der Waals surface area (Å²) in [6.07, 6.45) is 4.17. The van der Waals surface area contributed by atoms with Crippen LogP contribution < -0.4 is 14.4 Å². The van der Waals surface area contributed by atoms with Crippen LogP contribution in [0.3, 0.4) is 0 Å². The summed E-state index contributed by atoms with van der Waals surface area (Å²) >= 11 is 1.22. The smallest absolute Gasteiger partial charge is 0.265 e. The maximum atomic E-state index is 13.6. The van der Waals surface area contributed by atoms with Crippen molar-refractivity contribution in [1.82, 2.24) is 29.3 Å². The number of alkyl halides is 2. The number of carbonyl (C=O) groups is 1. The number of pyridine rings is 1. The van der Waals surface area contributed by atoms with Crippen molar-refractivity contribution in [3.8, 4) is 11.7 Å². The number of halogens is 2. The second-order valence-electron chi connectivity index (χ2n) is 11.4. The maximum Gasteiger partial charge on any atom is 0.265 e. The van der Waals surface area contributed by atoms with Crippen LogP contribution >= 0.6 is 11.9 Å². The molecule has 2 atom stereocenters. The first-order valence-electron chi connectivity index (χ1n) is 12.6. The number of rotatable bonds is 8. The van der Waals surface area contributed by atoms with Crippen LogP contribution in [0.1, 0.15) is 56.6 Å². The van der Waals surface area contributed by atoms with Crippen LogP contribution in [0.5, 0.6) is 5.88 Å². The van der Waals surface area contributed by atoms with Crippen LogP contribution in [-0.2, 0) is 7.05 Å². The second-order valence-corrected chi connectivity index (χ2v) is 12.2. The fourth-order valence-electron chi connectivity index (χ4n) is 4.99. The van der Waals surface area contributed by atoms with E-state index in [1.165, 1.54) is 23.6 Å². The van der Waals surface area contributed by atoms with Gasteiger partial charge in [0.05, 0.1) is 27.8 Å². The highest BCUT2D eigenvalue weighted by Crippen LogP contribution is 2.60. The van der Waals surface area contributed by atoms with E-state index in [0.717, 1.165) is 23.6 Å². The molecule has 2 fully saturated rings. The molecule has 1 N–H and O–H groups in total. The lowest BCUT2D eigenvalue weighted by Gasteiger charge is -2.34. The molecule has 204 valence electrons. The second kappa shape index (κ2) is 9.25. The van der Waals surface area contributed by atoms with Gasteiger partial charge in [-0.3, -0.25) is 14.2 Å². The Bertz CT molecular complexity index is 1370. The van der Waals surface area contributed by atoms with Crippen LogP contribution in [0.2, 0.25) is 0 Å². The van der Waals surface area contributed by atoms with Crippen molar-refractivity contribution in [1.29, 1.82) is 0 Å². The first-order chi connectivity index (χ1) is 17.8. The number of carbonyl (C=O) groups excluding carboxylic acids is 1. The summed E-state index contributed by atoms with van der Waals surface area (Å²) < 4.78 is 38.9. The van der Waals surface area contributed by atoms with E-state index < -0.39 is 11.3 Å². The van der Waals surface area contributed by atoms with Gasteiger partial charge in [0.2, 0.25) is 5.88 Å². The zero-order valence-corrected chi connectivity index (χ0v) is 23.3. The summed E-state index contributed by atoms with van der Waals surface area (Å²) in [5, 5.41) is 8.62. The van der Waals surface area contributed by atoms with Gasteiger partial charge < -0.3 is 9.64 Å². The molecule has 0 radical (unpaired) electrons. The molecular weight excluding hydrogens is 512 g/mol. The largest absolute Gasteiger partial charge is 0.476 e. The van der Waals surface area contributed by atoms with Crippen molar-refractivity contribution < 1.29 is 18.3 Å². The molecular formula is C26H33F2N7O2S. The number of aromatic nitrogens is 5. The monoisotopic (exact) mass is 545 g/mol. The molecule has 1 aliphatic carbocycles. The molecule has 12 heteroatoms. The van der Waals surface area contributed by atoms with Gasteiger partial charge in [-0.15, -0.1) is 5.10 Å². The van der Waals surface area contributed by atoms with Gasteiger partial charge in [0.25, 0.3) is 11.8 Å². The fraction of sp³-hybridized carbons (Fsp3) is 0.538. The number of hydrogen-bond acceptors (Lipinski definition) is 7. The molecule has 1 aliphatic heterocycles. The van der Waals surface area contributed by atoms with Crippen LogP contribution in [-0.4, -0.2) is 55.1 Å². The zero-order chi connectivity index (χ0) is 27.5. The number of nitrogens with zero attached hydrogens (tertiary/aromatic N) is 6. The first-order valence-corrected chi connectivity index (χ1v) is 13.4. The Kier molecular flexibility index (Phi) is 6.44. The van der Waals surface area contributed by atoms with Crippen molar-refractivity contribution in [3.63, 3.8) is 0 Å². The van der Waals surface area contributed by atoms with Crippen molar-refractivity contribution in [2.24, 2.45) is 18.4 Å². The zero-order valence-electron chi connectivity index (χ0n) is 22.5. The Morgan fingerprint density at radius 1 is 1.26 bits per heavy atom. The van der Waals surface area contributed by atoms with E-state index in [2.05, 4.69) is 40.6 Å². The molecule has 38 heavy (non-hydrogen) atoms. The molecule has 1 saturated heterocycles.